The maximum absolute atomic E-state index is 14.2. The molecule has 1 amide bonds. The molecule has 1 fully saturated rings. The second kappa shape index (κ2) is 9.71. The predicted molar refractivity (Wildman–Crippen MR) is 118 cm³/mol. The van der Waals surface area contributed by atoms with Crippen molar-refractivity contribution < 1.29 is 42.0 Å². The number of benzene rings is 1. The minimum Gasteiger partial charge on any atom is -0.496 e. The molecular formula is C24H28F4N2O5. The average molecular weight is 500 g/mol. The summed E-state index contributed by atoms with van der Waals surface area (Å²) in [4.78, 5) is 17.2. The molecule has 1 aliphatic heterocycles. The summed E-state index contributed by atoms with van der Waals surface area (Å²) in [5.41, 5.74) is -2.16. The van der Waals surface area contributed by atoms with Crippen LogP contribution in [-0.2, 0) is 9.53 Å². The van der Waals surface area contributed by atoms with Gasteiger partial charge in [0.2, 0.25) is 0 Å². The lowest BCUT2D eigenvalue weighted by Crippen LogP contribution is -2.47. The number of carbonyl (C=O) groups excluding carboxylic acids is 1. The van der Waals surface area contributed by atoms with Crippen LogP contribution in [0.4, 0.5) is 23.2 Å². The second-order valence-electron chi connectivity index (χ2n) is 8.90. The Morgan fingerprint density at radius 1 is 1.29 bits per heavy atom. The van der Waals surface area contributed by atoms with Gasteiger partial charge in [0, 0.05) is 34.8 Å². The van der Waals surface area contributed by atoms with Gasteiger partial charge >= 0.3 is 6.18 Å². The van der Waals surface area contributed by atoms with E-state index in [0.717, 1.165) is 13.0 Å². The number of alkyl halides is 3. The minimum atomic E-state index is -4.80. The maximum atomic E-state index is 14.2. The van der Waals surface area contributed by atoms with Crippen LogP contribution in [0.1, 0.15) is 49.6 Å². The van der Waals surface area contributed by atoms with Gasteiger partial charge in [-0.1, -0.05) is 13.0 Å². The molecule has 0 bridgehead atoms. The third kappa shape index (κ3) is 4.85. The number of aliphatic hydroxyl groups is 2. The highest BCUT2D eigenvalue weighted by atomic mass is 19.4. The van der Waals surface area contributed by atoms with Crippen molar-refractivity contribution in [3.8, 4) is 5.75 Å². The van der Waals surface area contributed by atoms with Crippen molar-refractivity contribution in [2.75, 3.05) is 12.4 Å². The molecule has 35 heavy (non-hydrogen) atoms. The van der Waals surface area contributed by atoms with Crippen LogP contribution in [0.2, 0.25) is 0 Å². The minimum absolute atomic E-state index is 0.0425. The Hall–Kier alpha value is -2.76. The van der Waals surface area contributed by atoms with E-state index in [9.17, 15) is 32.6 Å². The summed E-state index contributed by atoms with van der Waals surface area (Å²) in [7, 11) is 1.27. The SMILES string of the molecule is COc1c([C@H]2[C@H](C(=O)Nc3ccnc([C@H](O)[C@H](C)O)c3)O[C@@](C)(C(F)(F)F)[C@H]2C)ccc(F)c1C. The highest BCUT2D eigenvalue weighted by Gasteiger charge is 2.65. The highest BCUT2D eigenvalue weighted by molar-refractivity contribution is 5.95. The Balaban J connectivity index is 2.04. The molecule has 192 valence electrons. The number of nitrogens with zero attached hydrogens (tertiary/aromatic N) is 1. The van der Waals surface area contributed by atoms with Crippen LogP contribution >= 0.6 is 0 Å². The summed E-state index contributed by atoms with van der Waals surface area (Å²) in [6.07, 6.45) is -7.60. The first-order chi connectivity index (χ1) is 16.2. The number of hydrogen-bond donors (Lipinski definition) is 3. The number of rotatable bonds is 6. The molecule has 2 heterocycles. The van der Waals surface area contributed by atoms with Crippen LogP contribution < -0.4 is 10.1 Å². The van der Waals surface area contributed by atoms with E-state index in [2.05, 4.69) is 10.3 Å². The van der Waals surface area contributed by atoms with Crippen LogP contribution in [0, 0.1) is 18.7 Å². The lowest BCUT2D eigenvalue weighted by atomic mass is 9.76. The van der Waals surface area contributed by atoms with E-state index in [-0.39, 0.29) is 28.3 Å². The number of anilines is 1. The van der Waals surface area contributed by atoms with E-state index < -0.39 is 53.6 Å². The molecule has 11 heteroatoms. The van der Waals surface area contributed by atoms with Crippen LogP contribution in [-0.4, -0.2) is 52.2 Å². The van der Waals surface area contributed by atoms with E-state index in [1.807, 2.05) is 0 Å². The number of aromatic nitrogens is 1. The third-order valence-corrected chi connectivity index (χ3v) is 6.67. The van der Waals surface area contributed by atoms with Crippen molar-refractivity contribution in [2.45, 2.75) is 63.7 Å². The van der Waals surface area contributed by atoms with Crippen LogP contribution in [0.3, 0.4) is 0 Å². The first kappa shape index (κ1) is 26.8. The molecule has 7 nitrogen and oxygen atoms in total. The number of ether oxygens (including phenoxy) is 2. The van der Waals surface area contributed by atoms with Crippen molar-refractivity contribution in [3.05, 3.63) is 53.1 Å². The largest absolute Gasteiger partial charge is 0.496 e. The van der Waals surface area contributed by atoms with Crippen LogP contribution in [0.15, 0.2) is 30.5 Å². The number of aliphatic hydroxyl groups excluding tert-OH is 2. The number of methoxy groups -OCH3 is 1. The number of nitrogens with one attached hydrogen (secondary N) is 1. The number of carbonyl (C=O) groups is 1. The lowest BCUT2D eigenvalue weighted by Gasteiger charge is -2.32. The fourth-order valence-electron chi connectivity index (χ4n) is 4.39. The predicted octanol–water partition coefficient (Wildman–Crippen LogP) is 4.03. The van der Waals surface area contributed by atoms with Crippen molar-refractivity contribution >= 4 is 11.6 Å². The Morgan fingerprint density at radius 2 is 1.94 bits per heavy atom. The zero-order valence-corrected chi connectivity index (χ0v) is 19.9. The summed E-state index contributed by atoms with van der Waals surface area (Å²) in [5.74, 6) is -3.79. The third-order valence-electron chi connectivity index (χ3n) is 6.67. The molecule has 0 saturated carbocycles. The fraction of sp³-hybridized carbons (Fsp3) is 0.500. The quantitative estimate of drug-likeness (QED) is 0.518. The van der Waals surface area contributed by atoms with Crippen molar-refractivity contribution in [1.29, 1.82) is 0 Å². The van der Waals surface area contributed by atoms with Crippen LogP contribution in [0.5, 0.6) is 5.75 Å². The van der Waals surface area contributed by atoms with Gasteiger partial charge in [-0.05, 0) is 39.0 Å². The summed E-state index contributed by atoms with van der Waals surface area (Å²) < 4.78 is 67.1. The molecule has 0 radical (unpaired) electrons. The van der Waals surface area contributed by atoms with Gasteiger partial charge in [0.25, 0.3) is 5.91 Å². The first-order valence-corrected chi connectivity index (χ1v) is 10.9. The molecule has 2 aromatic rings. The number of halogens is 4. The molecule has 1 aromatic carbocycles. The summed E-state index contributed by atoms with van der Waals surface area (Å²) in [5, 5.41) is 22.1. The smallest absolute Gasteiger partial charge is 0.417 e. The molecule has 3 rings (SSSR count). The van der Waals surface area contributed by atoms with Crippen molar-refractivity contribution in [3.63, 3.8) is 0 Å². The van der Waals surface area contributed by atoms with Crippen molar-refractivity contribution in [1.82, 2.24) is 4.98 Å². The topological polar surface area (TPSA) is 101 Å². The molecule has 1 aliphatic rings. The molecule has 0 aliphatic carbocycles. The van der Waals surface area contributed by atoms with Crippen molar-refractivity contribution in [2.24, 2.45) is 5.92 Å². The monoisotopic (exact) mass is 500 g/mol. The summed E-state index contributed by atoms with van der Waals surface area (Å²) >= 11 is 0. The molecular weight excluding hydrogens is 472 g/mol. The molecule has 0 unspecified atom stereocenters. The average Bonchev–Trinajstić information content (AvgIpc) is 3.07. The normalized spacial score (nSPS) is 26.3. The van der Waals surface area contributed by atoms with Gasteiger partial charge in [-0.15, -0.1) is 0 Å². The summed E-state index contributed by atoms with van der Waals surface area (Å²) in [6.45, 7) is 4.99. The molecule has 3 N–H and O–H groups in total. The fourth-order valence-corrected chi connectivity index (χ4v) is 4.39. The standard InChI is InChI=1S/C24H28F4N2O5/c1-11-16(25)7-6-15(20(11)34-5)18-12(2)23(4,24(26,27)28)35-21(18)22(33)30-14-8-9-29-17(10-14)19(32)13(3)31/h6-10,12-13,18-19,21,31-32H,1-5H3,(H,29,30,33)/t12-,13-,18-,19+,21+,23+/m0/s1. The zero-order chi connectivity index (χ0) is 26.3. The number of pyridine rings is 1. The Morgan fingerprint density at radius 3 is 2.51 bits per heavy atom. The van der Waals surface area contributed by atoms with Gasteiger partial charge in [-0.3, -0.25) is 9.78 Å². The first-order valence-electron chi connectivity index (χ1n) is 10.9. The van der Waals surface area contributed by atoms with Gasteiger partial charge in [0.05, 0.1) is 18.9 Å². The van der Waals surface area contributed by atoms with Gasteiger partial charge in [-0.25, -0.2) is 4.39 Å². The molecule has 6 atom stereocenters. The van der Waals surface area contributed by atoms with E-state index in [1.54, 1.807) is 0 Å². The van der Waals surface area contributed by atoms with Gasteiger partial charge in [0.1, 0.15) is 23.8 Å². The molecule has 1 aromatic heterocycles. The lowest BCUT2D eigenvalue weighted by molar-refractivity contribution is -0.272. The van der Waals surface area contributed by atoms with Gasteiger partial charge in [0.15, 0.2) is 5.60 Å². The van der Waals surface area contributed by atoms with Crippen LogP contribution in [0.25, 0.3) is 0 Å². The zero-order valence-electron chi connectivity index (χ0n) is 19.9. The van der Waals surface area contributed by atoms with Gasteiger partial charge < -0.3 is 25.0 Å². The van der Waals surface area contributed by atoms with E-state index in [1.165, 1.54) is 52.3 Å². The Kier molecular flexibility index (Phi) is 7.45. The maximum Gasteiger partial charge on any atom is 0.417 e. The second-order valence-corrected chi connectivity index (χ2v) is 8.90. The highest BCUT2D eigenvalue weighted by Crippen LogP contribution is 2.55. The van der Waals surface area contributed by atoms with E-state index in [0.29, 0.717) is 0 Å². The Bertz CT molecular complexity index is 1090. The molecule has 1 saturated heterocycles. The summed E-state index contributed by atoms with van der Waals surface area (Å²) in [6, 6.07) is 5.10. The molecule has 0 spiro atoms. The van der Waals surface area contributed by atoms with E-state index >= 15 is 0 Å². The Labute approximate surface area is 200 Å². The number of hydrogen-bond acceptors (Lipinski definition) is 6. The van der Waals surface area contributed by atoms with E-state index in [4.69, 9.17) is 9.47 Å². The van der Waals surface area contributed by atoms with Gasteiger partial charge in [-0.2, -0.15) is 13.2 Å². The number of amides is 1.